The van der Waals surface area contributed by atoms with E-state index >= 15 is 0 Å². The second kappa shape index (κ2) is 5.99. The van der Waals surface area contributed by atoms with E-state index in [4.69, 9.17) is 5.73 Å². The Morgan fingerprint density at radius 2 is 1.87 bits per heavy atom. The predicted molar refractivity (Wildman–Crippen MR) is 88.4 cm³/mol. The van der Waals surface area contributed by atoms with Crippen molar-refractivity contribution < 1.29 is 8.78 Å². The monoisotopic (exact) mass is 315 g/mol. The topological polar surface area (TPSA) is 50.4 Å². The first kappa shape index (κ1) is 15.5. The molecule has 3 N–H and O–H groups in total. The van der Waals surface area contributed by atoms with Crippen LogP contribution >= 0.6 is 0 Å². The van der Waals surface area contributed by atoms with Crippen LogP contribution in [-0.4, -0.2) is 12.0 Å². The molecule has 0 spiro atoms. The van der Waals surface area contributed by atoms with Crippen LogP contribution in [0.1, 0.15) is 25.3 Å². The lowest BCUT2D eigenvalue weighted by Crippen LogP contribution is -2.42. The molecule has 0 aromatic heterocycles. The molecule has 2 aromatic rings. The smallest absolute Gasteiger partial charge is 0.193 e. The quantitative estimate of drug-likeness (QED) is 0.668. The average Bonchev–Trinajstić information content (AvgIpc) is 2.50. The Balaban J connectivity index is 1.64. The van der Waals surface area contributed by atoms with Crippen LogP contribution < -0.4 is 11.1 Å². The van der Waals surface area contributed by atoms with Crippen molar-refractivity contribution in [2.24, 2.45) is 10.7 Å². The lowest BCUT2D eigenvalue weighted by atomic mass is 9.63. The number of halogens is 2. The van der Waals surface area contributed by atoms with Crippen molar-refractivity contribution in [1.29, 1.82) is 0 Å². The first-order valence-electron chi connectivity index (χ1n) is 7.57. The highest BCUT2D eigenvalue weighted by molar-refractivity contribution is 5.92. The zero-order valence-corrected chi connectivity index (χ0v) is 12.9. The Hall–Kier alpha value is -2.43. The summed E-state index contributed by atoms with van der Waals surface area (Å²) in [6.45, 7) is 2.20. The Labute approximate surface area is 134 Å². The van der Waals surface area contributed by atoms with Crippen molar-refractivity contribution in [3.63, 3.8) is 0 Å². The second-order valence-electron chi connectivity index (χ2n) is 6.25. The van der Waals surface area contributed by atoms with Gasteiger partial charge in [0.2, 0.25) is 0 Å². The Morgan fingerprint density at radius 3 is 2.57 bits per heavy atom. The number of nitrogens with one attached hydrogen (secondary N) is 1. The van der Waals surface area contributed by atoms with Crippen molar-refractivity contribution in [2.45, 2.75) is 31.2 Å². The molecule has 2 aromatic carbocycles. The van der Waals surface area contributed by atoms with Crippen LogP contribution in [0.2, 0.25) is 0 Å². The van der Waals surface area contributed by atoms with E-state index in [1.807, 2.05) is 18.2 Å². The van der Waals surface area contributed by atoms with Crippen molar-refractivity contribution >= 4 is 11.6 Å². The zero-order chi connectivity index (χ0) is 16.4. The molecule has 23 heavy (non-hydrogen) atoms. The minimum Gasteiger partial charge on any atom is -0.370 e. The van der Waals surface area contributed by atoms with Crippen LogP contribution in [0, 0.1) is 11.6 Å². The summed E-state index contributed by atoms with van der Waals surface area (Å²) in [6, 6.07) is 13.5. The first-order chi connectivity index (χ1) is 11.0. The standard InChI is InChI=1S/C18H19F2N3/c1-18(12-5-3-2-4-6-12)10-14(11-18)22-17(21)23-16-9-13(19)7-8-15(16)20/h2-9,14H,10-11H2,1H3,(H3,21,22,23). The van der Waals surface area contributed by atoms with Crippen LogP contribution in [0.5, 0.6) is 0 Å². The molecular formula is C18H19F2N3. The van der Waals surface area contributed by atoms with Gasteiger partial charge in [0, 0.05) is 6.07 Å². The Kier molecular flexibility index (Phi) is 4.03. The highest BCUT2D eigenvalue weighted by Gasteiger charge is 2.41. The fraction of sp³-hybridized carbons (Fsp3) is 0.278. The Morgan fingerprint density at radius 1 is 1.17 bits per heavy atom. The van der Waals surface area contributed by atoms with Crippen LogP contribution in [0.15, 0.2) is 53.5 Å². The van der Waals surface area contributed by atoms with Gasteiger partial charge in [-0.15, -0.1) is 0 Å². The van der Waals surface area contributed by atoms with E-state index in [9.17, 15) is 8.78 Å². The van der Waals surface area contributed by atoms with E-state index in [-0.39, 0.29) is 23.1 Å². The highest BCUT2D eigenvalue weighted by atomic mass is 19.1. The largest absolute Gasteiger partial charge is 0.370 e. The molecule has 120 valence electrons. The maximum Gasteiger partial charge on any atom is 0.193 e. The molecular weight excluding hydrogens is 296 g/mol. The summed E-state index contributed by atoms with van der Waals surface area (Å²) < 4.78 is 26.7. The molecule has 3 rings (SSSR count). The molecule has 0 saturated heterocycles. The third kappa shape index (κ3) is 3.33. The van der Waals surface area contributed by atoms with E-state index in [1.165, 1.54) is 5.56 Å². The van der Waals surface area contributed by atoms with E-state index in [2.05, 4.69) is 29.4 Å². The molecule has 0 bridgehead atoms. The van der Waals surface area contributed by atoms with Crippen molar-refractivity contribution in [3.05, 3.63) is 65.7 Å². The zero-order valence-electron chi connectivity index (χ0n) is 12.9. The summed E-state index contributed by atoms with van der Waals surface area (Å²) >= 11 is 0. The number of aliphatic imine (C=N–C) groups is 1. The first-order valence-corrected chi connectivity index (χ1v) is 7.57. The number of nitrogens with zero attached hydrogens (tertiary/aromatic N) is 1. The molecule has 0 radical (unpaired) electrons. The summed E-state index contributed by atoms with van der Waals surface area (Å²) in [7, 11) is 0. The third-order valence-electron chi connectivity index (χ3n) is 4.36. The summed E-state index contributed by atoms with van der Waals surface area (Å²) in [5, 5.41) is 2.63. The normalized spacial score (nSPS) is 24.1. The van der Waals surface area contributed by atoms with E-state index in [1.54, 1.807) is 0 Å². The summed E-state index contributed by atoms with van der Waals surface area (Å²) in [4.78, 5) is 4.36. The molecule has 1 saturated carbocycles. The molecule has 5 heteroatoms. The minimum atomic E-state index is -0.563. The number of benzene rings is 2. The van der Waals surface area contributed by atoms with Crippen molar-refractivity contribution in [3.8, 4) is 0 Å². The number of rotatable bonds is 3. The highest BCUT2D eigenvalue weighted by Crippen LogP contribution is 2.44. The van der Waals surface area contributed by atoms with E-state index in [0.29, 0.717) is 0 Å². The maximum atomic E-state index is 13.6. The van der Waals surface area contributed by atoms with Gasteiger partial charge < -0.3 is 11.1 Å². The van der Waals surface area contributed by atoms with Gasteiger partial charge in [-0.05, 0) is 36.0 Å². The van der Waals surface area contributed by atoms with Crippen LogP contribution in [0.25, 0.3) is 0 Å². The molecule has 0 unspecified atom stereocenters. The summed E-state index contributed by atoms with van der Waals surface area (Å²) in [6.07, 6.45) is 1.76. The number of hydrogen-bond donors (Lipinski definition) is 2. The van der Waals surface area contributed by atoms with Gasteiger partial charge in [-0.3, -0.25) is 0 Å². The minimum absolute atomic E-state index is 0.00334. The lowest BCUT2D eigenvalue weighted by molar-refractivity contribution is 0.229. The molecule has 1 aliphatic rings. The van der Waals surface area contributed by atoms with E-state index < -0.39 is 11.6 Å². The second-order valence-corrected chi connectivity index (χ2v) is 6.25. The Bertz CT molecular complexity index is 722. The van der Waals surface area contributed by atoms with Gasteiger partial charge in [-0.25, -0.2) is 13.8 Å². The average molecular weight is 315 g/mol. The van der Waals surface area contributed by atoms with Gasteiger partial charge in [0.05, 0.1) is 11.7 Å². The molecule has 1 fully saturated rings. The van der Waals surface area contributed by atoms with Gasteiger partial charge in [0.15, 0.2) is 5.96 Å². The number of guanidine groups is 1. The predicted octanol–water partition coefficient (Wildman–Crippen LogP) is 3.81. The maximum absolute atomic E-state index is 13.6. The van der Waals surface area contributed by atoms with Crippen molar-refractivity contribution in [1.82, 2.24) is 0 Å². The lowest BCUT2D eigenvalue weighted by Gasteiger charge is -2.44. The van der Waals surface area contributed by atoms with Gasteiger partial charge in [0.1, 0.15) is 11.6 Å². The number of nitrogens with two attached hydrogens (primary N) is 1. The van der Waals surface area contributed by atoms with E-state index in [0.717, 1.165) is 31.0 Å². The van der Waals surface area contributed by atoms with Crippen LogP contribution in [0.3, 0.4) is 0 Å². The van der Waals surface area contributed by atoms with Gasteiger partial charge in [-0.1, -0.05) is 37.3 Å². The third-order valence-corrected chi connectivity index (χ3v) is 4.36. The molecule has 0 atom stereocenters. The van der Waals surface area contributed by atoms with Crippen LogP contribution in [-0.2, 0) is 5.41 Å². The van der Waals surface area contributed by atoms with Crippen molar-refractivity contribution in [2.75, 3.05) is 5.32 Å². The number of hydrogen-bond acceptors (Lipinski definition) is 1. The fourth-order valence-corrected chi connectivity index (χ4v) is 3.11. The molecule has 0 heterocycles. The molecule has 1 aliphatic carbocycles. The molecule has 3 nitrogen and oxygen atoms in total. The molecule has 0 aliphatic heterocycles. The SMILES string of the molecule is CC1(c2ccccc2)CC(N=C(N)Nc2cc(F)ccc2F)C1. The van der Waals surface area contributed by atoms with Gasteiger partial charge in [0.25, 0.3) is 0 Å². The summed E-state index contributed by atoms with van der Waals surface area (Å²) in [5.74, 6) is -0.983. The number of anilines is 1. The molecule has 0 amide bonds. The van der Waals surface area contributed by atoms with Gasteiger partial charge in [-0.2, -0.15) is 0 Å². The van der Waals surface area contributed by atoms with Crippen LogP contribution in [0.4, 0.5) is 14.5 Å². The van der Waals surface area contributed by atoms with Gasteiger partial charge >= 0.3 is 0 Å². The fourth-order valence-electron chi connectivity index (χ4n) is 3.11. The summed E-state index contributed by atoms with van der Waals surface area (Å²) in [5.41, 5.74) is 7.19.